The summed E-state index contributed by atoms with van der Waals surface area (Å²) in [5.41, 5.74) is 0.920. The van der Waals surface area contributed by atoms with Gasteiger partial charge in [-0.05, 0) is 20.9 Å². The zero-order valence-electron chi connectivity index (χ0n) is 7.70. The molecule has 0 aliphatic heterocycles. The largest absolute Gasteiger partial charge is 0.243 e. The minimum Gasteiger partial charge on any atom is -0.240 e. The van der Waals surface area contributed by atoms with Crippen molar-refractivity contribution in [2.45, 2.75) is 18.7 Å². The topological polar surface area (TPSA) is 72.0 Å². The van der Waals surface area contributed by atoms with Crippen LogP contribution < -0.4 is 4.72 Å². The van der Waals surface area contributed by atoms with Crippen molar-refractivity contribution >= 4 is 10.0 Å². The molecular weight excluding hydrogens is 190 g/mol. The van der Waals surface area contributed by atoms with E-state index in [9.17, 15) is 8.42 Å². The van der Waals surface area contributed by atoms with Crippen LogP contribution in [0.2, 0.25) is 0 Å². The van der Waals surface area contributed by atoms with Crippen molar-refractivity contribution < 1.29 is 8.42 Å². The van der Waals surface area contributed by atoms with Crippen LogP contribution in [0.4, 0.5) is 0 Å². The van der Waals surface area contributed by atoms with Crippen LogP contribution in [0.3, 0.4) is 0 Å². The van der Waals surface area contributed by atoms with E-state index >= 15 is 0 Å². The molecule has 0 aliphatic carbocycles. The Morgan fingerprint density at radius 2 is 1.69 bits per heavy atom. The van der Waals surface area contributed by atoms with Crippen LogP contribution in [0.5, 0.6) is 0 Å². The highest BCUT2D eigenvalue weighted by atomic mass is 32.2. The second-order valence-corrected chi connectivity index (χ2v) is 4.40. The van der Waals surface area contributed by atoms with Crippen LogP contribution in [0.1, 0.15) is 11.4 Å². The summed E-state index contributed by atoms with van der Waals surface area (Å²) >= 11 is 0. The number of rotatable bonds is 2. The van der Waals surface area contributed by atoms with Gasteiger partial charge in [0.05, 0.1) is 11.4 Å². The van der Waals surface area contributed by atoms with Gasteiger partial charge in [-0.2, -0.15) is 0 Å². The van der Waals surface area contributed by atoms with Crippen LogP contribution >= 0.6 is 0 Å². The van der Waals surface area contributed by atoms with E-state index < -0.39 is 10.0 Å². The van der Waals surface area contributed by atoms with Crippen molar-refractivity contribution in [1.82, 2.24) is 14.7 Å². The second kappa shape index (κ2) is 3.39. The molecule has 0 amide bonds. The lowest BCUT2D eigenvalue weighted by molar-refractivity contribution is 0.585. The molecule has 1 rings (SSSR count). The van der Waals surface area contributed by atoms with Gasteiger partial charge < -0.3 is 0 Å². The average Bonchev–Trinajstić information content (AvgIpc) is 2.03. The minimum absolute atomic E-state index is 0.164. The van der Waals surface area contributed by atoms with Gasteiger partial charge in [0.15, 0.2) is 0 Å². The molecular formula is C7H11N3O2S. The predicted molar refractivity (Wildman–Crippen MR) is 47.8 cm³/mol. The normalized spacial score (nSPS) is 11.6. The number of aromatic nitrogens is 2. The Hall–Kier alpha value is -1.01. The molecule has 1 aromatic heterocycles. The van der Waals surface area contributed by atoms with Crippen LogP contribution in [0.25, 0.3) is 0 Å². The van der Waals surface area contributed by atoms with Crippen molar-refractivity contribution in [3.05, 3.63) is 17.7 Å². The fraction of sp³-hybridized carbons (Fsp3) is 0.429. The first kappa shape index (κ1) is 10.1. The van der Waals surface area contributed by atoms with Gasteiger partial charge in [0.2, 0.25) is 10.0 Å². The van der Waals surface area contributed by atoms with Crippen LogP contribution in [0, 0.1) is 13.8 Å². The van der Waals surface area contributed by atoms with Crippen molar-refractivity contribution in [3.63, 3.8) is 0 Å². The molecule has 6 heteroatoms. The molecule has 0 atom stereocenters. The van der Waals surface area contributed by atoms with Gasteiger partial charge in [0, 0.05) is 0 Å². The van der Waals surface area contributed by atoms with E-state index in [1.807, 2.05) is 0 Å². The first-order valence-electron chi connectivity index (χ1n) is 3.71. The van der Waals surface area contributed by atoms with Crippen molar-refractivity contribution in [1.29, 1.82) is 0 Å². The highest BCUT2D eigenvalue weighted by molar-refractivity contribution is 7.89. The molecule has 5 nitrogen and oxygen atoms in total. The molecule has 0 spiro atoms. The summed E-state index contributed by atoms with van der Waals surface area (Å²) in [5, 5.41) is 0. The fourth-order valence-electron chi connectivity index (χ4n) is 1.07. The Labute approximate surface area is 77.3 Å². The van der Waals surface area contributed by atoms with Crippen LogP contribution in [-0.2, 0) is 10.0 Å². The molecule has 0 saturated carbocycles. The molecule has 0 radical (unpaired) electrons. The first-order chi connectivity index (χ1) is 5.99. The molecule has 0 saturated heterocycles. The molecule has 72 valence electrons. The molecule has 13 heavy (non-hydrogen) atoms. The molecule has 0 fully saturated rings. The van der Waals surface area contributed by atoms with E-state index in [0.29, 0.717) is 11.4 Å². The molecule has 1 heterocycles. The van der Waals surface area contributed by atoms with Gasteiger partial charge in [0.25, 0.3) is 0 Å². The van der Waals surface area contributed by atoms with Gasteiger partial charge in [0.1, 0.15) is 11.2 Å². The van der Waals surface area contributed by atoms with Gasteiger partial charge in [-0.1, -0.05) is 0 Å². The molecule has 1 aromatic rings. The van der Waals surface area contributed by atoms with E-state index in [1.54, 1.807) is 13.8 Å². The summed E-state index contributed by atoms with van der Waals surface area (Å²) in [6.07, 6.45) is 1.35. The fourth-order valence-corrected chi connectivity index (χ4v) is 2.16. The summed E-state index contributed by atoms with van der Waals surface area (Å²) in [6.45, 7) is 3.28. The number of hydrogen-bond donors (Lipinski definition) is 1. The van der Waals surface area contributed by atoms with Crippen molar-refractivity contribution in [2.75, 3.05) is 7.05 Å². The number of aryl methyl sites for hydroxylation is 2. The third kappa shape index (κ3) is 1.84. The van der Waals surface area contributed by atoms with Gasteiger partial charge in [-0.25, -0.2) is 23.1 Å². The van der Waals surface area contributed by atoms with Crippen LogP contribution in [-0.4, -0.2) is 25.4 Å². The van der Waals surface area contributed by atoms with E-state index in [1.165, 1.54) is 13.4 Å². The number of nitrogens with zero attached hydrogens (tertiary/aromatic N) is 2. The summed E-state index contributed by atoms with van der Waals surface area (Å²) < 4.78 is 25.1. The standard InChI is InChI=1S/C7H11N3O2S/c1-5-7(13(11,12)8-3)6(2)10-4-9-5/h4,8H,1-3H3. The van der Waals surface area contributed by atoms with Gasteiger partial charge >= 0.3 is 0 Å². The second-order valence-electron chi connectivity index (χ2n) is 2.58. The Balaban J connectivity index is 3.46. The van der Waals surface area contributed by atoms with Crippen molar-refractivity contribution in [3.8, 4) is 0 Å². The highest BCUT2D eigenvalue weighted by Crippen LogP contribution is 2.14. The Bertz CT molecular complexity index is 393. The predicted octanol–water partition coefficient (Wildman–Crippen LogP) is 0.00154. The van der Waals surface area contributed by atoms with E-state index in [-0.39, 0.29) is 4.90 Å². The molecule has 0 unspecified atom stereocenters. The SMILES string of the molecule is CNS(=O)(=O)c1c(C)ncnc1C. The Morgan fingerprint density at radius 1 is 1.23 bits per heavy atom. The van der Waals surface area contributed by atoms with E-state index in [2.05, 4.69) is 14.7 Å². The maximum absolute atomic E-state index is 11.5. The first-order valence-corrected chi connectivity index (χ1v) is 5.19. The van der Waals surface area contributed by atoms with Crippen LogP contribution in [0.15, 0.2) is 11.2 Å². The molecule has 0 aromatic carbocycles. The number of sulfonamides is 1. The monoisotopic (exact) mass is 201 g/mol. The molecule has 0 bridgehead atoms. The van der Waals surface area contributed by atoms with E-state index in [4.69, 9.17) is 0 Å². The van der Waals surface area contributed by atoms with Gasteiger partial charge in [-0.15, -0.1) is 0 Å². The highest BCUT2D eigenvalue weighted by Gasteiger charge is 2.18. The van der Waals surface area contributed by atoms with Crippen molar-refractivity contribution in [2.24, 2.45) is 0 Å². The average molecular weight is 201 g/mol. The molecule has 1 N–H and O–H groups in total. The zero-order chi connectivity index (χ0) is 10.1. The third-order valence-electron chi connectivity index (χ3n) is 1.70. The summed E-state index contributed by atoms with van der Waals surface area (Å²) in [5.74, 6) is 0. The third-order valence-corrected chi connectivity index (χ3v) is 3.36. The molecule has 0 aliphatic rings. The number of hydrogen-bond acceptors (Lipinski definition) is 4. The van der Waals surface area contributed by atoms with E-state index in [0.717, 1.165) is 0 Å². The smallest absolute Gasteiger partial charge is 0.240 e. The lowest BCUT2D eigenvalue weighted by Gasteiger charge is -2.06. The minimum atomic E-state index is -3.43. The Kier molecular flexibility index (Phi) is 2.63. The zero-order valence-corrected chi connectivity index (χ0v) is 8.51. The number of nitrogens with one attached hydrogen (secondary N) is 1. The summed E-state index contributed by atoms with van der Waals surface area (Å²) in [4.78, 5) is 7.81. The maximum atomic E-state index is 11.5. The summed E-state index contributed by atoms with van der Waals surface area (Å²) in [6, 6.07) is 0. The van der Waals surface area contributed by atoms with Gasteiger partial charge in [-0.3, -0.25) is 0 Å². The summed E-state index contributed by atoms with van der Waals surface area (Å²) in [7, 11) is -2.07. The quantitative estimate of drug-likeness (QED) is 0.731. The Morgan fingerprint density at radius 3 is 2.08 bits per heavy atom. The maximum Gasteiger partial charge on any atom is 0.243 e. The lowest BCUT2D eigenvalue weighted by atomic mass is 10.4. The lowest BCUT2D eigenvalue weighted by Crippen LogP contribution is -2.21.